The Hall–Kier alpha value is -1.06. The maximum absolute atomic E-state index is 5.79. The van der Waals surface area contributed by atoms with E-state index in [-0.39, 0.29) is 6.10 Å². The topological polar surface area (TPSA) is 30.5 Å². The third kappa shape index (κ3) is 6.03. The maximum atomic E-state index is 5.79. The van der Waals surface area contributed by atoms with E-state index < -0.39 is 0 Å². The van der Waals surface area contributed by atoms with E-state index in [4.69, 9.17) is 9.47 Å². The molecule has 0 bridgehead atoms. The van der Waals surface area contributed by atoms with Crippen LogP contribution < -0.4 is 10.1 Å². The van der Waals surface area contributed by atoms with Crippen molar-refractivity contribution in [1.82, 2.24) is 5.32 Å². The first-order valence-corrected chi connectivity index (χ1v) is 6.57. The molecule has 0 aliphatic rings. The highest BCUT2D eigenvalue weighted by Gasteiger charge is 2.03. The minimum atomic E-state index is 0.218. The first kappa shape index (κ1) is 15.0. The van der Waals surface area contributed by atoms with Gasteiger partial charge in [-0.1, -0.05) is 26.0 Å². The van der Waals surface area contributed by atoms with Gasteiger partial charge in [0.05, 0.1) is 19.8 Å². The molecule has 0 saturated heterocycles. The van der Waals surface area contributed by atoms with Crippen LogP contribution in [0.2, 0.25) is 0 Å². The van der Waals surface area contributed by atoms with E-state index >= 15 is 0 Å². The molecule has 1 aromatic carbocycles. The number of ether oxygens (including phenoxy) is 2. The van der Waals surface area contributed by atoms with Gasteiger partial charge in [0.25, 0.3) is 0 Å². The molecule has 3 heteroatoms. The molecule has 0 fully saturated rings. The number of rotatable bonds is 8. The highest BCUT2D eigenvalue weighted by atomic mass is 16.5. The Morgan fingerprint density at radius 1 is 1.17 bits per heavy atom. The van der Waals surface area contributed by atoms with Crippen molar-refractivity contribution >= 4 is 0 Å². The third-order valence-corrected chi connectivity index (χ3v) is 2.65. The van der Waals surface area contributed by atoms with Gasteiger partial charge in [-0.15, -0.1) is 0 Å². The number of methoxy groups -OCH3 is 1. The fourth-order valence-corrected chi connectivity index (χ4v) is 1.63. The summed E-state index contributed by atoms with van der Waals surface area (Å²) in [4.78, 5) is 0. The van der Waals surface area contributed by atoms with Gasteiger partial charge in [-0.25, -0.2) is 0 Å². The first-order chi connectivity index (χ1) is 8.61. The van der Waals surface area contributed by atoms with Gasteiger partial charge in [0.15, 0.2) is 0 Å². The van der Waals surface area contributed by atoms with E-state index in [9.17, 15) is 0 Å². The number of benzene rings is 1. The van der Waals surface area contributed by atoms with Gasteiger partial charge < -0.3 is 14.8 Å². The van der Waals surface area contributed by atoms with Crippen molar-refractivity contribution < 1.29 is 9.47 Å². The predicted molar refractivity (Wildman–Crippen MR) is 75.0 cm³/mol. The van der Waals surface area contributed by atoms with Crippen LogP contribution in [0.5, 0.6) is 5.75 Å². The molecule has 1 rings (SSSR count). The van der Waals surface area contributed by atoms with Gasteiger partial charge in [0, 0.05) is 6.54 Å². The summed E-state index contributed by atoms with van der Waals surface area (Å²) in [5.41, 5.74) is 1.14. The second-order valence-corrected chi connectivity index (χ2v) is 5.03. The van der Waals surface area contributed by atoms with Crippen LogP contribution in [0, 0.1) is 5.92 Å². The van der Waals surface area contributed by atoms with Crippen LogP contribution in [0.1, 0.15) is 26.3 Å². The molecule has 1 aromatic rings. The lowest BCUT2D eigenvalue weighted by atomic mass is 10.2. The van der Waals surface area contributed by atoms with Crippen LogP contribution in [-0.4, -0.2) is 26.3 Å². The molecule has 1 atom stereocenters. The highest BCUT2D eigenvalue weighted by Crippen LogP contribution is 2.13. The lowest BCUT2D eigenvalue weighted by Gasteiger charge is -2.15. The van der Waals surface area contributed by atoms with E-state index in [1.807, 2.05) is 18.2 Å². The molecule has 0 amide bonds. The fourth-order valence-electron chi connectivity index (χ4n) is 1.63. The van der Waals surface area contributed by atoms with Crippen molar-refractivity contribution in [3.05, 3.63) is 29.8 Å². The van der Waals surface area contributed by atoms with Gasteiger partial charge in [-0.2, -0.15) is 0 Å². The normalized spacial score (nSPS) is 12.7. The molecule has 1 N–H and O–H groups in total. The third-order valence-electron chi connectivity index (χ3n) is 2.65. The molecular formula is C15H25NO2. The standard InChI is InChI=1S/C15H25NO2/c1-12(2)9-16-10-13(3)18-11-14-6-5-7-15(8-14)17-4/h5-8,12-13,16H,9-11H2,1-4H3. The highest BCUT2D eigenvalue weighted by molar-refractivity contribution is 5.27. The van der Waals surface area contributed by atoms with Crippen molar-refractivity contribution in [3.63, 3.8) is 0 Å². The molecule has 0 aliphatic heterocycles. The molecule has 18 heavy (non-hydrogen) atoms. The molecule has 0 radical (unpaired) electrons. The zero-order valence-electron chi connectivity index (χ0n) is 11.9. The van der Waals surface area contributed by atoms with E-state index in [0.717, 1.165) is 24.4 Å². The van der Waals surface area contributed by atoms with Gasteiger partial charge in [-0.05, 0) is 37.1 Å². The second kappa shape index (κ2) is 8.11. The molecular weight excluding hydrogens is 226 g/mol. The first-order valence-electron chi connectivity index (χ1n) is 6.57. The van der Waals surface area contributed by atoms with E-state index in [0.29, 0.717) is 12.5 Å². The van der Waals surface area contributed by atoms with Gasteiger partial charge >= 0.3 is 0 Å². The zero-order valence-corrected chi connectivity index (χ0v) is 11.9. The molecule has 0 heterocycles. The summed E-state index contributed by atoms with van der Waals surface area (Å²) >= 11 is 0. The van der Waals surface area contributed by atoms with Crippen molar-refractivity contribution in [2.24, 2.45) is 5.92 Å². The summed E-state index contributed by atoms with van der Waals surface area (Å²) in [6.45, 7) is 9.05. The second-order valence-electron chi connectivity index (χ2n) is 5.03. The maximum Gasteiger partial charge on any atom is 0.119 e. The Morgan fingerprint density at radius 2 is 1.94 bits per heavy atom. The molecule has 1 unspecified atom stereocenters. The fraction of sp³-hybridized carbons (Fsp3) is 0.600. The van der Waals surface area contributed by atoms with Crippen LogP contribution >= 0.6 is 0 Å². The summed E-state index contributed by atoms with van der Waals surface area (Å²) in [7, 11) is 1.68. The van der Waals surface area contributed by atoms with Crippen molar-refractivity contribution in [2.75, 3.05) is 20.2 Å². The Bertz CT molecular complexity index is 339. The molecule has 0 aromatic heterocycles. The number of nitrogens with one attached hydrogen (secondary N) is 1. The van der Waals surface area contributed by atoms with Gasteiger partial charge in [-0.3, -0.25) is 0 Å². The van der Waals surface area contributed by atoms with Crippen LogP contribution in [0.4, 0.5) is 0 Å². The van der Waals surface area contributed by atoms with Crippen LogP contribution in [0.25, 0.3) is 0 Å². The van der Waals surface area contributed by atoms with Crippen LogP contribution in [0.3, 0.4) is 0 Å². The average Bonchev–Trinajstić information content (AvgIpc) is 2.36. The monoisotopic (exact) mass is 251 g/mol. The Morgan fingerprint density at radius 3 is 2.61 bits per heavy atom. The SMILES string of the molecule is COc1cccc(COC(C)CNCC(C)C)c1. The largest absolute Gasteiger partial charge is 0.497 e. The molecule has 0 aliphatic carbocycles. The quantitative estimate of drug-likeness (QED) is 0.770. The lowest BCUT2D eigenvalue weighted by Crippen LogP contribution is -2.29. The van der Waals surface area contributed by atoms with E-state index in [2.05, 4.69) is 32.2 Å². The Labute approximate surface area is 110 Å². The number of hydrogen-bond acceptors (Lipinski definition) is 3. The Kier molecular flexibility index (Phi) is 6.76. The van der Waals surface area contributed by atoms with Gasteiger partial charge in [0.2, 0.25) is 0 Å². The van der Waals surface area contributed by atoms with Crippen molar-refractivity contribution in [2.45, 2.75) is 33.5 Å². The summed E-state index contributed by atoms with van der Waals surface area (Å²) in [5, 5.41) is 3.39. The summed E-state index contributed by atoms with van der Waals surface area (Å²) in [6.07, 6.45) is 0.218. The molecule has 3 nitrogen and oxygen atoms in total. The molecule has 102 valence electrons. The zero-order chi connectivity index (χ0) is 13.4. The van der Waals surface area contributed by atoms with E-state index in [1.54, 1.807) is 7.11 Å². The van der Waals surface area contributed by atoms with Crippen LogP contribution in [-0.2, 0) is 11.3 Å². The summed E-state index contributed by atoms with van der Waals surface area (Å²) < 4.78 is 11.0. The minimum Gasteiger partial charge on any atom is -0.497 e. The average molecular weight is 251 g/mol. The predicted octanol–water partition coefficient (Wildman–Crippen LogP) is 2.85. The summed E-state index contributed by atoms with van der Waals surface area (Å²) in [6, 6.07) is 7.99. The summed E-state index contributed by atoms with van der Waals surface area (Å²) in [5.74, 6) is 1.55. The molecule has 0 spiro atoms. The Balaban J connectivity index is 2.26. The van der Waals surface area contributed by atoms with Crippen molar-refractivity contribution in [3.8, 4) is 5.75 Å². The molecule has 0 saturated carbocycles. The number of hydrogen-bond donors (Lipinski definition) is 1. The minimum absolute atomic E-state index is 0.218. The lowest BCUT2D eigenvalue weighted by molar-refractivity contribution is 0.0528. The van der Waals surface area contributed by atoms with Crippen LogP contribution in [0.15, 0.2) is 24.3 Å². The van der Waals surface area contributed by atoms with E-state index in [1.165, 1.54) is 0 Å². The van der Waals surface area contributed by atoms with Gasteiger partial charge in [0.1, 0.15) is 5.75 Å². The smallest absolute Gasteiger partial charge is 0.119 e. The van der Waals surface area contributed by atoms with Crippen molar-refractivity contribution in [1.29, 1.82) is 0 Å².